The number of nitrogens with one attached hydrogen (secondary N) is 1. The molecule has 0 aliphatic heterocycles. The van der Waals surface area contributed by atoms with Gasteiger partial charge in [-0.1, -0.05) is 18.2 Å². The summed E-state index contributed by atoms with van der Waals surface area (Å²) in [5.41, 5.74) is 1.43. The molecule has 1 aliphatic carbocycles. The first-order chi connectivity index (χ1) is 13.7. The van der Waals surface area contributed by atoms with Crippen LogP contribution in [0.5, 0.6) is 0 Å². The Bertz CT molecular complexity index is 1130. The van der Waals surface area contributed by atoms with Gasteiger partial charge in [0.05, 0.1) is 16.0 Å². The van der Waals surface area contributed by atoms with Crippen LogP contribution in [0.4, 0.5) is 4.39 Å². The molecular formula is C20H17FN4OS2. The highest BCUT2D eigenvalue weighted by Gasteiger charge is 2.51. The summed E-state index contributed by atoms with van der Waals surface area (Å²) in [5.74, 6) is 0.472. The molecule has 142 valence electrons. The number of nitrogens with zero attached hydrogens (tertiary/aromatic N) is 3. The molecule has 0 bridgehead atoms. The highest BCUT2D eigenvalue weighted by Crippen LogP contribution is 2.48. The topological polar surface area (TPSA) is 59.3 Å². The number of amides is 1. The number of benzene rings is 1. The summed E-state index contributed by atoms with van der Waals surface area (Å²) in [6.45, 7) is 0.530. The second-order valence-corrected chi connectivity index (χ2v) is 8.71. The third-order valence-corrected chi connectivity index (χ3v) is 6.87. The van der Waals surface area contributed by atoms with Crippen LogP contribution < -0.4 is 5.32 Å². The highest BCUT2D eigenvalue weighted by molar-refractivity contribution is 7.15. The molecule has 1 N–H and O–H groups in total. The van der Waals surface area contributed by atoms with E-state index < -0.39 is 5.41 Å². The Kier molecular flexibility index (Phi) is 4.25. The van der Waals surface area contributed by atoms with E-state index in [9.17, 15) is 9.18 Å². The SMILES string of the molecule is O=C(NCCc1csc2nc(-c3cccs3)nn12)C1(c2ccc(F)cc2)CC1. The van der Waals surface area contributed by atoms with Crippen LogP contribution in [0.1, 0.15) is 24.1 Å². The molecule has 0 saturated heterocycles. The first kappa shape index (κ1) is 17.5. The van der Waals surface area contributed by atoms with Crippen molar-refractivity contribution in [3.8, 4) is 10.7 Å². The molecule has 0 atom stereocenters. The quantitative estimate of drug-likeness (QED) is 0.520. The zero-order valence-corrected chi connectivity index (χ0v) is 16.5. The lowest BCUT2D eigenvalue weighted by Gasteiger charge is -2.15. The average Bonchev–Trinajstić information content (AvgIpc) is 3.04. The molecule has 8 heteroatoms. The largest absolute Gasteiger partial charge is 0.355 e. The molecule has 1 aromatic carbocycles. The van der Waals surface area contributed by atoms with Gasteiger partial charge in [0.25, 0.3) is 0 Å². The monoisotopic (exact) mass is 412 g/mol. The zero-order chi connectivity index (χ0) is 19.1. The van der Waals surface area contributed by atoms with Crippen molar-refractivity contribution in [1.29, 1.82) is 0 Å². The van der Waals surface area contributed by atoms with E-state index in [1.807, 2.05) is 27.4 Å². The van der Waals surface area contributed by atoms with Gasteiger partial charge in [-0.3, -0.25) is 4.79 Å². The lowest BCUT2D eigenvalue weighted by atomic mass is 9.95. The summed E-state index contributed by atoms with van der Waals surface area (Å²) in [4.78, 5) is 19.2. The zero-order valence-electron chi connectivity index (χ0n) is 14.9. The van der Waals surface area contributed by atoms with Gasteiger partial charge in [-0.25, -0.2) is 8.91 Å². The van der Waals surface area contributed by atoms with E-state index in [4.69, 9.17) is 0 Å². The number of thiazole rings is 1. The Morgan fingerprint density at radius 3 is 2.75 bits per heavy atom. The lowest BCUT2D eigenvalue weighted by Crippen LogP contribution is -2.36. The van der Waals surface area contributed by atoms with Gasteiger partial charge in [-0.2, -0.15) is 4.98 Å². The minimum Gasteiger partial charge on any atom is -0.355 e. The second-order valence-electron chi connectivity index (χ2n) is 6.93. The van der Waals surface area contributed by atoms with Gasteiger partial charge >= 0.3 is 0 Å². The minimum atomic E-state index is -0.489. The van der Waals surface area contributed by atoms with Gasteiger partial charge < -0.3 is 5.32 Å². The highest BCUT2D eigenvalue weighted by atomic mass is 32.1. The fourth-order valence-electron chi connectivity index (χ4n) is 3.42. The van der Waals surface area contributed by atoms with Crippen molar-refractivity contribution in [2.24, 2.45) is 0 Å². The van der Waals surface area contributed by atoms with Crippen LogP contribution in [0.3, 0.4) is 0 Å². The number of halogens is 1. The van der Waals surface area contributed by atoms with Crippen molar-refractivity contribution in [2.45, 2.75) is 24.7 Å². The first-order valence-electron chi connectivity index (χ1n) is 9.07. The van der Waals surface area contributed by atoms with E-state index >= 15 is 0 Å². The molecule has 3 heterocycles. The molecule has 5 nitrogen and oxygen atoms in total. The molecule has 0 spiro atoms. The molecule has 5 rings (SSSR count). The number of rotatable bonds is 6. The van der Waals surface area contributed by atoms with Crippen molar-refractivity contribution >= 4 is 33.5 Å². The number of carbonyl (C=O) groups excluding carboxylic acids is 1. The Labute approximate surface area is 168 Å². The lowest BCUT2D eigenvalue weighted by molar-refractivity contribution is -0.123. The number of fused-ring (bicyclic) bond motifs is 1. The van der Waals surface area contributed by atoms with Crippen LogP contribution >= 0.6 is 22.7 Å². The van der Waals surface area contributed by atoms with Crippen molar-refractivity contribution in [2.75, 3.05) is 6.54 Å². The molecule has 1 fully saturated rings. The van der Waals surface area contributed by atoms with Crippen molar-refractivity contribution in [3.05, 3.63) is 64.2 Å². The summed E-state index contributed by atoms with van der Waals surface area (Å²) in [6.07, 6.45) is 2.29. The van der Waals surface area contributed by atoms with E-state index in [-0.39, 0.29) is 11.7 Å². The van der Waals surface area contributed by atoms with Gasteiger partial charge in [0.2, 0.25) is 10.9 Å². The first-order valence-corrected chi connectivity index (χ1v) is 10.8. The van der Waals surface area contributed by atoms with Gasteiger partial charge in [-0.05, 0) is 42.0 Å². The molecular weight excluding hydrogens is 395 g/mol. The van der Waals surface area contributed by atoms with Crippen LogP contribution in [0.2, 0.25) is 0 Å². The van der Waals surface area contributed by atoms with E-state index in [0.717, 1.165) is 39.8 Å². The van der Waals surface area contributed by atoms with E-state index in [1.165, 1.54) is 12.1 Å². The summed E-state index contributed by atoms with van der Waals surface area (Å²) < 4.78 is 15.0. The maximum atomic E-state index is 13.2. The number of carbonyl (C=O) groups is 1. The van der Waals surface area contributed by atoms with Crippen LogP contribution in [-0.4, -0.2) is 27.0 Å². The minimum absolute atomic E-state index is 0.0171. The molecule has 1 saturated carbocycles. The third-order valence-electron chi connectivity index (χ3n) is 5.14. The standard InChI is InChI=1S/C20H17FN4OS2/c21-14-5-3-13(4-6-14)20(8-9-20)18(26)22-10-7-15-12-28-19-23-17(24-25(15)19)16-2-1-11-27-16/h1-6,11-12H,7-10H2,(H,22,26). The summed E-state index contributed by atoms with van der Waals surface area (Å²) in [5, 5.41) is 11.7. The summed E-state index contributed by atoms with van der Waals surface area (Å²) in [7, 11) is 0. The molecule has 0 radical (unpaired) electrons. The molecule has 3 aromatic heterocycles. The molecule has 4 aromatic rings. The maximum Gasteiger partial charge on any atom is 0.230 e. The van der Waals surface area contributed by atoms with Gasteiger partial charge in [0.15, 0.2) is 5.82 Å². The smallest absolute Gasteiger partial charge is 0.230 e. The number of aromatic nitrogens is 3. The van der Waals surface area contributed by atoms with Crippen LogP contribution in [0.15, 0.2) is 47.2 Å². The molecule has 28 heavy (non-hydrogen) atoms. The fourth-order valence-corrected chi connectivity index (χ4v) is 4.93. The summed E-state index contributed by atoms with van der Waals surface area (Å²) >= 11 is 3.17. The van der Waals surface area contributed by atoms with Crippen LogP contribution in [0.25, 0.3) is 15.7 Å². The van der Waals surface area contributed by atoms with Crippen molar-refractivity contribution < 1.29 is 9.18 Å². The Balaban J connectivity index is 1.26. The van der Waals surface area contributed by atoms with Gasteiger partial charge in [0, 0.05) is 18.3 Å². The van der Waals surface area contributed by atoms with E-state index in [0.29, 0.717) is 13.0 Å². The number of hydrogen-bond acceptors (Lipinski definition) is 5. The predicted molar refractivity (Wildman–Crippen MR) is 108 cm³/mol. The van der Waals surface area contributed by atoms with E-state index in [1.54, 1.807) is 34.8 Å². The third kappa shape index (κ3) is 3.02. The molecule has 0 unspecified atom stereocenters. The van der Waals surface area contributed by atoms with Crippen LogP contribution in [-0.2, 0) is 16.6 Å². The van der Waals surface area contributed by atoms with Crippen molar-refractivity contribution in [3.63, 3.8) is 0 Å². The Hall–Kier alpha value is -2.58. The second kappa shape index (κ2) is 6.79. The predicted octanol–water partition coefficient (Wildman–Crippen LogP) is 4.05. The normalized spacial score (nSPS) is 15.0. The van der Waals surface area contributed by atoms with E-state index in [2.05, 4.69) is 15.4 Å². The molecule has 1 aliphatic rings. The van der Waals surface area contributed by atoms with Gasteiger partial charge in [-0.15, -0.1) is 27.8 Å². The Morgan fingerprint density at radius 2 is 2.04 bits per heavy atom. The number of hydrogen-bond donors (Lipinski definition) is 1. The van der Waals surface area contributed by atoms with Crippen molar-refractivity contribution in [1.82, 2.24) is 19.9 Å². The summed E-state index contributed by atoms with van der Waals surface area (Å²) in [6, 6.07) is 10.3. The van der Waals surface area contributed by atoms with Gasteiger partial charge in [0.1, 0.15) is 5.82 Å². The molecule has 1 amide bonds. The number of thiophene rings is 1. The fraction of sp³-hybridized carbons (Fsp3) is 0.250. The average molecular weight is 413 g/mol. The Morgan fingerprint density at radius 1 is 1.21 bits per heavy atom. The van der Waals surface area contributed by atoms with Crippen LogP contribution in [0, 0.1) is 5.82 Å². The maximum absolute atomic E-state index is 13.2.